The first-order valence-corrected chi connectivity index (χ1v) is 4.32. The van der Waals surface area contributed by atoms with Crippen LogP contribution in [0.15, 0.2) is 36.6 Å². The molecule has 14 heavy (non-hydrogen) atoms. The molecule has 74 valence electrons. The first kappa shape index (κ1) is 10.4. The van der Waals surface area contributed by atoms with Crippen molar-refractivity contribution in [2.75, 3.05) is 6.61 Å². The summed E-state index contributed by atoms with van der Waals surface area (Å²) in [5.41, 5.74) is 0.0588. The fraction of sp³-hybridized carbons (Fsp3) is 0.182. The smallest absolute Gasteiger partial charge is 0.191 e. The van der Waals surface area contributed by atoms with E-state index < -0.39 is 11.6 Å². The Hall–Kier alpha value is -1.64. The molecule has 0 fully saturated rings. The quantitative estimate of drug-likeness (QED) is 0.418. The van der Waals surface area contributed by atoms with Crippen molar-refractivity contribution in [3.8, 4) is 0 Å². The van der Waals surface area contributed by atoms with Gasteiger partial charge in [-0.2, -0.15) is 0 Å². The fourth-order valence-electron chi connectivity index (χ4n) is 0.957. The summed E-state index contributed by atoms with van der Waals surface area (Å²) in [5.74, 6) is -0.907. The zero-order valence-electron chi connectivity index (χ0n) is 7.87. The third-order valence-corrected chi connectivity index (χ3v) is 1.62. The number of hydrogen-bond donors (Lipinski definition) is 0. The molecule has 0 aliphatic carbocycles. The Labute approximate surface area is 82.0 Å². The van der Waals surface area contributed by atoms with Gasteiger partial charge in [0.25, 0.3) is 0 Å². The van der Waals surface area contributed by atoms with Crippen molar-refractivity contribution < 1.29 is 13.9 Å². The van der Waals surface area contributed by atoms with Gasteiger partial charge in [0, 0.05) is 6.08 Å². The Morgan fingerprint density at radius 1 is 1.50 bits per heavy atom. The molecule has 1 aromatic rings. The number of ketones is 1. The molecule has 0 bridgehead atoms. The van der Waals surface area contributed by atoms with Crippen LogP contribution in [0, 0.1) is 5.82 Å². The van der Waals surface area contributed by atoms with Gasteiger partial charge in [-0.05, 0) is 19.1 Å². The van der Waals surface area contributed by atoms with Crippen LogP contribution < -0.4 is 0 Å². The predicted octanol–water partition coefficient (Wildman–Crippen LogP) is 2.56. The van der Waals surface area contributed by atoms with Crippen LogP contribution in [0.5, 0.6) is 0 Å². The highest BCUT2D eigenvalue weighted by atomic mass is 19.1. The number of rotatable bonds is 4. The van der Waals surface area contributed by atoms with E-state index in [0.29, 0.717) is 6.61 Å². The summed E-state index contributed by atoms with van der Waals surface area (Å²) in [5, 5.41) is 0. The number of hydrogen-bond acceptors (Lipinski definition) is 2. The lowest BCUT2D eigenvalue weighted by molar-refractivity contribution is 0.103. The van der Waals surface area contributed by atoms with Crippen molar-refractivity contribution in [1.29, 1.82) is 0 Å². The molecule has 0 aromatic heterocycles. The Bertz CT molecular complexity index is 345. The van der Waals surface area contributed by atoms with E-state index in [2.05, 4.69) is 0 Å². The van der Waals surface area contributed by atoms with Gasteiger partial charge < -0.3 is 4.74 Å². The molecule has 0 saturated heterocycles. The van der Waals surface area contributed by atoms with Gasteiger partial charge in [0.05, 0.1) is 18.4 Å². The molecular weight excluding hydrogens is 183 g/mol. The van der Waals surface area contributed by atoms with Crippen molar-refractivity contribution in [3.05, 3.63) is 48.0 Å². The summed E-state index contributed by atoms with van der Waals surface area (Å²) in [7, 11) is 0. The molecule has 0 spiro atoms. The van der Waals surface area contributed by atoms with E-state index in [9.17, 15) is 9.18 Å². The first-order valence-electron chi connectivity index (χ1n) is 4.32. The molecule has 0 aliphatic heterocycles. The standard InChI is InChI=1S/C11H11FO2/c1-2-14-8-7-11(13)9-5-3-4-6-10(9)12/h3-8H,2H2,1H3. The fourth-order valence-corrected chi connectivity index (χ4v) is 0.957. The Kier molecular flexibility index (Phi) is 3.85. The highest BCUT2D eigenvalue weighted by Gasteiger charge is 2.06. The van der Waals surface area contributed by atoms with Crippen molar-refractivity contribution in [1.82, 2.24) is 0 Å². The van der Waals surface area contributed by atoms with Crippen LogP contribution in [0.25, 0.3) is 0 Å². The van der Waals surface area contributed by atoms with E-state index in [0.717, 1.165) is 0 Å². The molecule has 0 N–H and O–H groups in total. The number of halogens is 1. The van der Waals surface area contributed by atoms with E-state index >= 15 is 0 Å². The highest BCUT2D eigenvalue weighted by molar-refractivity contribution is 6.04. The molecule has 0 unspecified atom stereocenters. The zero-order valence-corrected chi connectivity index (χ0v) is 7.87. The van der Waals surface area contributed by atoms with Gasteiger partial charge in [-0.1, -0.05) is 12.1 Å². The summed E-state index contributed by atoms with van der Waals surface area (Å²) in [4.78, 5) is 11.3. The van der Waals surface area contributed by atoms with Crippen LogP contribution in [0.1, 0.15) is 17.3 Å². The number of allylic oxidation sites excluding steroid dienone is 1. The SMILES string of the molecule is CCOC=CC(=O)c1ccccc1F. The van der Waals surface area contributed by atoms with Gasteiger partial charge in [-0.15, -0.1) is 0 Å². The van der Waals surface area contributed by atoms with Crippen LogP contribution >= 0.6 is 0 Å². The Morgan fingerprint density at radius 3 is 2.86 bits per heavy atom. The number of ether oxygens (including phenoxy) is 1. The Morgan fingerprint density at radius 2 is 2.21 bits per heavy atom. The topological polar surface area (TPSA) is 26.3 Å². The zero-order chi connectivity index (χ0) is 10.4. The van der Waals surface area contributed by atoms with E-state index in [1.807, 2.05) is 0 Å². The summed E-state index contributed by atoms with van der Waals surface area (Å²) < 4.78 is 17.9. The largest absolute Gasteiger partial charge is 0.501 e. The second-order valence-corrected chi connectivity index (χ2v) is 2.60. The van der Waals surface area contributed by atoms with Crippen LogP contribution in [-0.2, 0) is 4.74 Å². The predicted molar refractivity (Wildman–Crippen MR) is 51.5 cm³/mol. The lowest BCUT2D eigenvalue weighted by Gasteiger charge is -1.97. The average Bonchev–Trinajstić information content (AvgIpc) is 2.18. The molecule has 1 rings (SSSR count). The van der Waals surface area contributed by atoms with Gasteiger partial charge in [-0.3, -0.25) is 4.79 Å². The second kappa shape index (κ2) is 5.17. The highest BCUT2D eigenvalue weighted by Crippen LogP contribution is 2.07. The minimum absolute atomic E-state index is 0.0588. The van der Waals surface area contributed by atoms with E-state index in [4.69, 9.17) is 4.74 Å². The summed E-state index contributed by atoms with van der Waals surface area (Å²) in [6.45, 7) is 2.29. The number of carbonyl (C=O) groups is 1. The van der Waals surface area contributed by atoms with Crippen molar-refractivity contribution in [2.24, 2.45) is 0 Å². The average molecular weight is 194 g/mol. The lowest BCUT2D eigenvalue weighted by Crippen LogP contribution is -1.98. The number of carbonyl (C=O) groups excluding carboxylic acids is 1. The molecular formula is C11H11FO2. The Balaban J connectivity index is 2.75. The summed E-state index contributed by atoms with van der Waals surface area (Å²) in [6, 6.07) is 5.85. The lowest BCUT2D eigenvalue weighted by atomic mass is 10.1. The van der Waals surface area contributed by atoms with E-state index in [1.165, 1.54) is 24.5 Å². The van der Waals surface area contributed by atoms with Crippen molar-refractivity contribution >= 4 is 5.78 Å². The molecule has 0 aliphatic rings. The molecule has 2 nitrogen and oxygen atoms in total. The van der Waals surface area contributed by atoms with Gasteiger partial charge in [-0.25, -0.2) is 4.39 Å². The van der Waals surface area contributed by atoms with Crippen molar-refractivity contribution in [3.63, 3.8) is 0 Å². The first-order chi connectivity index (χ1) is 6.75. The van der Waals surface area contributed by atoms with Gasteiger partial charge >= 0.3 is 0 Å². The molecule has 0 saturated carbocycles. The maximum absolute atomic E-state index is 13.1. The molecule has 1 aromatic carbocycles. The molecule has 0 atom stereocenters. The van der Waals surface area contributed by atoms with Crippen molar-refractivity contribution in [2.45, 2.75) is 6.92 Å². The van der Waals surface area contributed by atoms with Gasteiger partial charge in [0.15, 0.2) is 5.78 Å². The molecule has 0 amide bonds. The van der Waals surface area contributed by atoms with Crippen LogP contribution in [0.2, 0.25) is 0 Å². The molecule has 0 radical (unpaired) electrons. The van der Waals surface area contributed by atoms with E-state index in [-0.39, 0.29) is 5.56 Å². The second-order valence-electron chi connectivity index (χ2n) is 2.60. The van der Waals surface area contributed by atoms with Crippen LogP contribution in [-0.4, -0.2) is 12.4 Å². The minimum atomic E-state index is -0.515. The van der Waals surface area contributed by atoms with Crippen LogP contribution in [0.3, 0.4) is 0 Å². The van der Waals surface area contributed by atoms with E-state index in [1.54, 1.807) is 19.1 Å². The van der Waals surface area contributed by atoms with Crippen LogP contribution in [0.4, 0.5) is 4.39 Å². The third-order valence-electron chi connectivity index (χ3n) is 1.62. The maximum atomic E-state index is 13.1. The number of benzene rings is 1. The summed E-state index contributed by atoms with van der Waals surface area (Å²) >= 11 is 0. The molecule has 3 heteroatoms. The third kappa shape index (κ3) is 2.69. The van der Waals surface area contributed by atoms with Gasteiger partial charge in [0.2, 0.25) is 0 Å². The molecule has 0 heterocycles. The monoisotopic (exact) mass is 194 g/mol. The van der Waals surface area contributed by atoms with Gasteiger partial charge in [0.1, 0.15) is 5.82 Å². The normalized spacial score (nSPS) is 10.4. The maximum Gasteiger partial charge on any atom is 0.191 e. The summed E-state index contributed by atoms with van der Waals surface area (Å²) in [6.07, 6.45) is 2.48. The minimum Gasteiger partial charge on any atom is -0.501 e.